The van der Waals surface area contributed by atoms with Crippen molar-refractivity contribution in [2.75, 3.05) is 0 Å². The van der Waals surface area contributed by atoms with E-state index < -0.39 is 0 Å². The minimum atomic E-state index is -0.334. The lowest BCUT2D eigenvalue weighted by Crippen LogP contribution is -2.46. The van der Waals surface area contributed by atoms with Gasteiger partial charge in [-0.1, -0.05) is 6.92 Å². The second-order valence-corrected chi connectivity index (χ2v) is 4.02. The number of carbonyl (C=O) groups is 4. The molecule has 2 heterocycles. The Labute approximate surface area is 98.5 Å². The molecular formula is C11H13N2O4. The molecule has 2 rings (SSSR count). The van der Waals surface area contributed by atoms with Crippen molar-refractivity contribution in [3.05, 3.63) is 6.17 Å². The predicted octanol–water partition coefficient (Wildman–Crippen LogP) is 0.184. The Kier molecular flexibility index (Phi) is 2.95. The van der Waals surface area contributed by atoms with Crippen LogP contribution in [0.3, 0.4) is 0 Å². The summed E-state index contributed by atoms with van der Waals surface area (Å²) in [6.07, 6.45) is 1.12. The normalized spacial score (nSPS) is 21.3. The van der Waals surface area contributed by atoms with Crippen molar-refractivity contribution in [1.82, 2.24) is 9.80 Å². The molecule has 0 aromatic rings. The maximum atomic E-state index is 11.6. The third-order valence-corrected chi connectivity index (χ3v) is 2.94. The van der Waals surface area contributed by atoms with Crippen LogP contribution in [-0.2, 0) is 19.2 Å². The number of imide groups is 2. The van der Waals surface area contributed by atoms with Crippen LogP contribution in [0.5, 0.6) is 0 Å². The van der Waals surface area contributed by atoms with Gasteiger partial charge < -0.3 is 0 Å². The van der Waals surface area contributed by atoms with Crippen LogP contribution >= 0.6 is 0 Å². The van der Waals surface area contributed by atoms with Gasteiger partial charge in [-0.05, 0) is 6.42 Å². The summed E-state index contributed by atoms with van der Waals surface area (Å²) in [7, 11) is 0. The quantitative estimate of drug-likeness (QED) is 0.656. The van der Waals surface area contributed by atoms with E-state index in [1.807, 2.05) is 0 Å². The number of carbonyl (C=O) groups excluding carboxylic acids is 4. The highest BCUT2D eigenvalue weighted by Gasteiger charge is 2.44. The molecular weight excluding hydrogens is 224 g/mol. The topological polar surface area (TPSA) is 74.8 Å². The van der Waals surface area contributed by atoms with Crippen LogP contribution in [0.25, 0.3) is 0 Å². The Hall–Kier alpha value is -1.72. The predicted molar refractivity (Wildman–Crippen MR) is 55.7 cm³/mol. The lowest BCUT2D eigenvalue weighted by atomic mass is 10.3. The summed E-state index contributed by atoms with van der Waals surface area (Å²) in [4.78, 5) is 48.3. The molecule has 2 fully saturated rings. The van der Waals surface area contributed by atoms with Gasteiger partial charge in [-0.2, -0.15) is 0 Å². The monoisotopic (exact) mass is 237 g/mol. The first-order chi connectivity index (χ1) is 8.06. The van der Waals surface area contributed by atoms with Crippen molar-refractivity contribution >= 4 is 23.6 Å². The average molecular weight is 237 g/mol. The van der Waals surface area contributed by atoms with Crippen LogP contribution in [0.2, 0.25) is 0 Å². The Morgan fingerprint density at radius 1 is 0.824 bits per heavy atom. The highest BCUT2D eigenvalue weighted by Crippen LogP contribution is 2.29. The summed E-state index contributed by atoms with van der Waals surface area (Å²) in [5.41, 5.74) is 0. The van der Waals surface area contributed by atoms with Gasteiger partial charge in [0.05, 0.1) is 0 Å². The molecule has 0 atom stereocenters. The van der Waals surface area contributed by atoms with Crippen LogP contribution in [0, 0.1) is 6.17 Å². The van der Waals surface area contributed by atoms with Crippen molar-refractivity contribution in [3.8, 4) is 0 Å². The first kappa shape index (κ1) is 11.8. The fourth-order valence-corrected chi connectivity index (χ4v) is 2.15. The number of rotatable bonds is 3. The van der Waals surface area contributed by atoms with Crippen molar-refractivity contribution in [2.45, 2.75) is 39.0 Å². The number of hydrogen-bond donors (Lipinski definition) is 0. The third-order valence-electron chi connectivity index (χ3n) is 2.94. The molecule has 4 amide bonds. The van der Waals surface area contributed by atoms with Crippen LogP contribution < -0.4 is 0 Å². The molecule has 0 bridgehead atoms. The molecule has 0 N–H and O–H groups in total. The molecule has 2 aliphatic rings. The molecule has 6 nitrogen and oxygen atoms in total. The smallest absolute Gasteiger partial charge is 0.231 e. The molecule has 6 heteroatoms. The van der Waals surface area contributed by atoms with E-state index in [4.69, 9.17) is 0 Å². The first-order valence-corrected chi connectivity index (χ1v) is 5.63. The summed E-state index contributed by atoms with van der Waals surface area (Å²) in [6, 6.07) is 0. The molecule has 2 saturated heterocycles. The molecule has 0 aromatic carbocycles. The zero-order valence-electron chi connectivity index (χ0n) is 9.56. The van der Waals surface area contributed by atoms with Crippen molar-refractivity contribution < 1.29 is 19.2 Å². The van der Waals surface area contributed by atoms with E-state index in [0.717, 1.165) is 9.80 Å². The molecule has 0 saturated carbocycles. The lowest BCUT2D eigenvalue weighted by Gasteiger charge is -2.30. The molecule has 0 spiro atoms. The molecule has 2 aliphatic heterocycles. The van der Waals surface area contributed by atoms with E-state index in [-0.39, 0.29) is 55.5 Å². The minimum absolute atomic E-state index is 0.151. The second kappa shape index (κ2) is 4.27. The summed E-state index contributed by atoms with van der Waals surface area (Å²) < 4.78 is 0. The zero-order chi connectivity index (χ0) is 12.6. The van der Waals surface area contributed by atoms with Gasteiger partial charge in [0.1, 0.15) is 0 Å². The highest BCUT2D eigenvalue weighted by molar-refractivity contribution is 6.07. The SMILES string of the molecule is CC[C](N1C(=O)CCC1=O)N1C(=O)CCC1=O. The Morgan fingerprint density at radius 2 is 1.12 bits per heavy atom. The number of hydrogen-bond acceptors (Lipinski definition) is 4. The highest BCUT2D eigenvalue weighted by atomic mass is 16.2. The van der Waals surface area contributed by atoms with E-state index in [9.17, 15) is 19.2 Å². The summed E-state index contributed by atoms with van der Waals surface area (Å²) in [5.74, 6) is -1.34. The largest absolute Gasteiger partial charge is 0.274 e. The van der Waals surface area contributed by atoms with Gasteiger partial charge in [-0.15, -0.1) is 0 Å². The fourth-order valence-electron chi connectivity index (χ4n) is 2.15. The molecule has 91 valence electrons. The lowest BCUT2D eigenvalue weighted by molar-refractivity contribution is -0.146. The van der Waals surface area contributed by atoms with E-state index >= 15 is 0 Å². The van der Waals surface area contributed by atoms with Gasteiger partial charge >= 0.3 is 0 Å². The molecule has 17 heavy (non-hydrogen) atoms. The summed E-state index contributed by atoms with van der Waals surface area (Å²) in [5, 5.41) is 0. The van der Waals surface area contributed by atoms with Crippen molar-refractivity contribution in [1.29, 1.82) is 0 Å². The fraction of sp³-hybridized carbons (Fsp3) is 0.545. The Bertz CT molecular complexity index is 336. The van der Waals surface area contributed by atoms with Gasteiger partial charge in [0, 0.05) is 25.7 Å². The number of likely N-dealkylation sites (tertiary alicyclic amines) is 2. The standard InChI is InChI=1S/C11H13N2O4/c1-2-7(12-8(14)3-4-9(12)15)13-10(16)5-6-11(13)17/h2-6H2,1H3. The van der Waals surface area contributed by atoms with Crippen molar-refractivity contribution in [2.24, 2.45) is 0 Å². The van der Waals surface area contributed by atoms with Crippen LogP contribution in [-0.4, -0.2) is 33.4 Å². The average Bonchev–Trinajstić information content (AvgIpc) is 2.78. The molecule has 0 unspecified atom stereocenters. The van der Waals surface area contributed by atoms with Gasteiger partial charge in [0.2, 0.25) is 23.6 Å². The number of nitrogens with zero attached hydrogens (tertiary/aromatic N) is 2. The van der Waals surface area contributed by atoms with E-state index in [0.29, 0.717) is 6.42 Å². The summed E-state index contributed by atoms with van der Waals surface area (Å²) in [6.45, 7) is 1.72. The number of amides is 4. The first-order valence-electron chi connectivity index (χ1n) is 5.63. The van der Waals surface area contributed by atoms with Gasteiger partial charge in [-0.25, -0.2) is 0 Å². The van der Waals surface area contributed by atoms with Crippen LogP contribution in [0.1, 0.15) is 39.0 Å². The molecule has 0 aliphatic carbocycles. The van der Waals surface area contributed by atoms with E-state index in [1.165, 1.54) is 0 Å². The van der Waals surface area contributed by atoms with E-state index in [2.05, 4.69) is 0 Å². The zero-order valence-corrected chi connectivity index (χ0v) is 9.56. The molecule has 0 aromatic heterocycles. The van der Waals surface area contributed by atoms with Gasteiger partial charge in [-0.3, -0.25) is 29.0 Å². The minimum Gasteiger partial charge on any atom is -0.274 e. The second-order valence-electron chi connectivity index (χ2n) is 4.02. The van der Waals surface area contributed by atoms with E-state index in [1.54, 1.807) is 6.92 Å². The van der Waals surface area contributed by atoms with Gasteiger partial charge in [0.15, 0.2) is 6.17 Å². The van der Waals surface area contributed by atoms with Crippen molar-refractivity contribution in [3.63, 3.8) is 0 Å². The third kappa shape index (κ3) is 1.83. The molecule has 1 radical (unpaired) electrons. The van der Waals surface area contributed by atoms with Crippen LogP contribution in [0.4, 0.5) is 0 Å². The maximum Gasteiger partial charge on any atom is 0.231 e. The van der Waals surface area contributed by atoms with Crippen LogP contribution in [0.15, 0.2) is 0 Å². The maximum absolute atomic E-state index is 11.6. The van der Waals surface area contributed by atoms with Gasteiger partial charge in [0.25, 0.3) is 0 Å². The Balaban J connectivity index is 2.27. The Morgan fingerprint density at radius 3 is 1.35 bits per heavy atom. The summed E-state index contributed by atoms with van der Waals surface area (Å²) >= 11 is 0.